The van der Waals surface area contributed by atoms with Crippen LogP contribution in [0.25, 0.3) is 0 Å². The van der Waals surface area contributed by atoms with Gasteiger partial charge in [0.1, 0.15) is 24.4 Å². The molecule has 1 aliphatic carbocycles. The van der Waals surface area contributed by atoms with Crippen LogP contribution < -0.4 is 0 Å². The van der Waals surface area contributed by atoms with Gasteiger partial charge in [-0.2, -0.15) is 0 Å². The summed E-state index contributed by atoms with van der Waals surface area (Å²) in [5, 5.41) is 19.0. The molecule has 2 N–H and O–H groups in total. The molecule has 4 unspecified atom stereocenters. The molecule has 1 aliphatic heterocycles. The van der Waals surface area contributed by atoms with Crippen molar-refractivity contribution in [1.82, 2.24) is 0 Å². The second kappa shape index (κ2) is 3.21. The Morgan fingerprint density at radius 2 is 2.21 bits per heavy atom. The fourth-order valence-electron chi connectivity index (χ4n) is 1.50. The maximum Gasteiger partial charge on any atom is 0.202 e. The van der Waals surface area contributed by atoms with Crippen LogP contribution in [0.2, 0.25) is 0 Å². The molecule has 0 aromatic rings. The number of rotatable bonds is 0. The van der Waals surface area contributed by atoms with Crippen molar-refractivity contribution in [3.05, 3.63) is 11.6 Å². The van der Waals surface area contributed by atoms with E-state index in [1.54, 1.807) is 0 Å². The van der Waals surface area contributed by atoms with Crippen molar-refractivity contribution < 1.29 is 19.7 Å². The number of aliphatic hydroxyl groups excluding tert-OH is 2. The highest BCUT2D eigenvalue weighted by atomic mass is 16.6. The third-order valence-corrected chi connectivity index (χ3v) is 2.26. The number of Topliss-reactive ketones (excluding diaryl/α,β-unsaturated/α-hetero) is 1. The van der Waals surface area contributed by atoms with Crippen LogP contribution in [-0.2, 0) is 9.53 Å². The number of carbonyl (C=O) groups excluding carboxylic acids is 1. The van der Waals surface area contributed by atoms with Gasteiger partial charge in [-0.05, 0) is 12.0 Å². The molecule has 4 heteroatoms. The summed E-state index contributed by atoms with van der Waals surface area (Å²) in [6.07, 6.45) is -0.747. The van der Waals surface area contributed by atoms with E-state index in [0.717, 1.165) is 0 Å². The first-order valence-electron chi connectivity index (χ1n) is 4.35. The molecule has 4 atom stereocenters. The van der Waals surface area contributed by atoms with E-state index in [2.05, 4.69) is 11.8 Å². The van der Waals surface area contributed by atoms with Crippen LogP contribution >= 0.6 is 0 Å². The van der Waals surface area contributed by atoms with Crippen LogP contribution in [-0.4, -0.2) is 40.4 Å². The van der Waals surface area contributed by atoms with E-state index in [4.69, 9.17) is 4.74 Å². The second-order valence-electron chi connectivity index (χ2n) is 3.43. The summed E-state index contributed by atoms with van der Waals surface area (Å²) in [7, 11) is 0. The zero-order chi connectivity index (χ0) is 10.3. The van der Waals surface area contributed by atoms with Crippen molar-refractivity contribution in [2.45, 2.75) is 31.3 Å². The summed E-state index contributed by atoms with van der Waals surface area (Å²) in [5.74, 6) is 4.58. The molecule has 74 valence electrons. The van der Waals surface area contributed by atoms with Gasteiger partial charge in [0, 0.05) is 12.5 Å². The Kier molecular flexibility index (Phi) is 2.16. The lowest BCUT2D eigenvalue weighted by Crippen LogP contribution is -2.30. The first-order valence-corrected chi connectivity index (χ1v) is 4.35. The van der Waals surface area contributed by atoms with E-state index in [-0.39, 0.29) is 18.0 Å². The Labute approximate surface area is 81.2 Å². The molecule has 4 nitrogen and oxygen atoms in total. The Morgan fingerprint density at radius 3 is 2.86 bits per heavy atom. The third kappa shape index (κ3) is 1.58. The lowest BCUT2D eigenvalue weighted by atomic mass is 9.95. The summed E-state index contributed by atoms with van der Waals surface area (Å²) < 4.78 is 5.03. The molecule has 2 aliphatic rings. The summed E-state index contributed by atoms with van der Waals surface area (Å²) in [4.78, 5) is 10.6. The van der Waals surface area contributed by atoms with Crippen LogP contribution in [0.5, 0.6) is 0 Å². The summed E-state index contributed by atoms with van der Waals surface area (Å²) in [5.41, 5.74) is 0.367. The van der Waals surface area contributed by atoms with Crippen molar-refractivity contribution in [2.75, 3.05) is 0 Å². The number of fused-ring (bicyclic) bond motifs is 1. The van der Waals surface area contributed by atoms with Gasteiger partial charge in [0.25, 0.3) is 0 Å². The highest BCUT2D eigenvalue weighted by molar-refractivity contribution is 5.93. The number of ketones is 1. The van der Waals surface area contributed by atoms with Crippen LogP contribution in [0.3, 0.4) is 0 Å². The van der Waals surface area contributed by atoms with Crippen molar-refractivity contribution in [1.29, 1.82) is 0 Å². The molecular formula is C10H10O4. The summed E-state index contributed by atoms with van der Waals surface area (Å²) >= 11 is 0. The maximum absolute atomic E-state index is 10.6. The predicted octanol–water partition coefficient (Wildman–Crippen LogP) is -0.992. The smallest absolute Gasteiger partial charge is 0.202 e. The van der Waals surface area contributed by atoms with Crippen LogP contribution in [0.15, 0.2) is 11.6 Å². The fourth-order valence-corrected chi connectivity index (χ4v) is 1.50. The van der Waals surface area contributed by atoms with Gasteiger partial charge in [-0.25, -0.2) is 0 Å². The highest BCUT2D eigenvalue weighted by Gasteiger charge is 2.52. The van der Waals surface area contributed by atoms with Gasteiger partial charge in [-0.3, -0.25) is 4.79 Å². The molecule has 1 fully saturated rings. The molecule has 0 spiro atoms. The van der Waals surface area contributed by atoms with Crippen molar-refractivity contribution in [3.63, 3.8) is 0 Å². The Hall–Kier alpha value is -1.15. The topological polar surface area (TPSA) is 70.1 Å². The Bertz CT molecular complexity index is 360. The predicted molar refractivity (Wildman–Crippen MR) is 47.2 cm³/mol. The fraction of sp³-hybridized carbons (Fsp3) is 0.500. The third-order valence-electron chi connectivity index (χ3n) is 2.26. The van der Waals surface area contributed by atoms with Crippen LogP contribution in [0, 0.1) is 11.8 Å². The zero-order valence-corrected chi connectivity index (χ0v) is 7.60. The number of hydrogen-bond acceptors (Lipinski definition) is 4. The van der Waals surface area contributed by atoms with Crippen molar-refractivity contribution in [3.8, 4) is 11.8 Å². The summed E-state index contributed by atoms with van der Waals surface area (Å²) in [6.45, 7) is 1.34. The summed E-state index contributed by atoms with van der Waals surface area (Å²) in [6, 6.07) is 0. The van der Waals surface area contributed by atoms with Gasteiger partial charge in [0.15, 0.2) is 0 Å². The monoisotopic (exact) mass is 194 g/mol. The van der Waals surface area contributed by atoms with Gasteiger partial charge >= 0.3 is 0 Å². The zero-order valence-electron chi connectivity index (χ0n) is 7.60. The number of ether oxygens (including phenoxy) is 1. The number of aliphatic hydroxyl groups is 2. The minimum Gasteiger partial charge on any atom is -0.386 e. The molecule has 0 saturated carbocycles. The number of carbonyl (C=O) groups is 1. The van der Waals surface area contributed by atoms with Crippen molar-refractivity contribution in [2.24, 2.45) is 0 Å². The van der Waals surface area contributed by atoms with E-state index in [1.807, 2.05) is 0 Å². The van der Waals surface area contributed by atoms with Gasteiger partial charge < -0.3 is 14.9 Å². The maximum atomic E-state index is 10.6. The molecule has 0 radical (unpaired) electrons. The molecular weight excluding hydrogens is 184 g/mol. The van der Waals surface area contributed by atoms with E-state index in [1.165, 1.54) is 13.0 Å². The normalized spacial score (nSPS) is 38.9. The molecule has 0 aromatic carbocycles. The molecule has 0 bridgehead atoms. The van der Waals surface area contributed by atoms with Crippen molar-refractivity contribution >= 4 is 5.78 Å². The Balaban J connectivity index is 2.19. The van der Waals surface area contributed by atoms with E-state index >= 15 is 0 Å². The number of hydrogen-bond donors (Lipinski definition) is 2. The molecule has 1 heterocycles. The molecule has 2 rings (SSSR count). The Morgan fingerprint density at radius 1 is 1.50 bits per heavy atom. The lowest BCUT2D eigenvalue weighted by Gasteiger charge is -2.14. The van der Waals surface area contributed by atoms with E-state index < -0.39 is 12.2 Å². The minimum atomic E-state index is -0.810. The van der Waals surface area contributed by atoms with E-state index in [0.29, 0.717) is 5.57 Å². The second-order valence-corrected chi connectivity index (χ2v) is 3.43. The quantitative estimate of drug-likeness (QED) is 0.295. The van der Waals surface area contributed by atoms with E-state index in [9.17, 15) is 15.0 Å². The molecule has 14 heavy (non-hydrogen) atoms. The standard InChI is InChI=1S/C10H10O4/c1-5(11)2-3-6-4-7(12)9-10(14-9)8(6)13/h4,7-10,12-13H,1H3. The largest absolute Gasteiger partial charge is 0.386 e. The SMILES string of the molecule is CC(=O)C#CC1=CC(O)C2OC2C1O. The molecule has 0 aromatic heterocycles. The lowest BCUT2D eigenvalue weighted by molar-refractivity contribution is -0.111. The molecule has 0 amide bonds. The van der Waals surface area contributed by atoms with Gasteiger partial charge in [0.2, 0.25) is 5.78 Å². The molecule has 1 saturated heterocycles. The first-order chi connectivity index (χ1) is 6.59. The van der Waals surface area contributed by atoms with Gasteiger partial charge in [-0.1, -0.05) is 5.92 Å². The van der Waals surface area contributed by atoms with Crippen LogP contribution in [0.4, 0.5) is 0 Å². The minimum absolute atomic E-state index is 0.272. The van der Waals surface area contributed by atoms with Gasteiger partial charge in [-0.15, -0.1) is 0 Å². The average molecular weight is 194 g/mol. The van der Waals surface area contributed by atoms with Crippen LogP contribution in [0.1, 0.15) is 6.92 Å². The van der Waals surface area contributed by atoms with Gasteiger partial charge in [0.05, 0.1) is 0 Å². The highest BCUT2D eigenvalue weighted by Crippen LogP contribution is 2.36. The number of epoxide rings is 1. The average Bonchev–Trinajstić information content (AvgIpc) is 2.88. The first kappa shape index (κ1) is 9.41.